The van der Waals surface area contributed by atoms with Crippen LogP contribution in [0.1, 0.15) is 0 Å². The predicted molar refractivity (Wildman–Crippen MR) is 94.1 cm³/mol. The van der Waals surface area contributed by atoms with Crippen LogP contribution in [-0.2, 0) is 9.47 Å². The van der Waals surface area contributed by atoms with Crippen LogP contribution in [0.25, 0.3) is 0 Å². The van der Waals surface area contributed by atoms with E-state index < -0.39 is 0 Å². The van der Waals surface area contributed by atoms with Gasteiger partial charge in [-0.1, -0.05) is 24.3 Å². The van der Waals surface area contributed by atoms with Gasteiger partial charge in [-0.15, -0.1) is 0 Å². The first-order valence-electron chi connectivity index (χ1n) is 7.69. The minimum atomic E-state index is 0.520. The number of hydrogen-bond donors (Lipinski definition) is 0. The highest BCUT2D eigenvalue weighted by atomic mass is 16.5. The Morgan fingerprint density at radius 2 is 0.615 bits per heavy atom. The van der Waals surface area contributed by atoms with Crippen molar-refractivity contribution in [2.24, 2.45) is 0 Å². The van der Waals surface area contributed by atoms with Crippen molar-refractivity contribution in [1.82, 2.24) is 0 Å². The van der Waals surface area contributed by atoms with E-state index in [1.807, 2.05) is 24.3 Å². The molecular formula is C20H16O6. The topological polar surface area (TPSA) is 55.4 Å². The first-order valence-corrected chi connectivity index (χ1v) is 7.69. The molecule has 1 aliphatic rings. The van der Waals surface area contributed by atoms with Crippen molar-refractivity contribution >= 4 is 0 Å². The maximum absolute atomic E-state index is 5.48. The van der Waals surface area contributed by atoms with Gasteiger partial charge in [-0.3, -0.25) is 0 Å². The van der Waals surface area contributed by atoms with E-state index in [0.717, 1.165) is 0 Å². The predicted octanol–water partition coefficient (Wildman–Crippen LogP) is 4.83. The number of benzene rings is 2. The molecule has 3 rings (SSSR count). The molecule has 0 N–H and O–H groups in total. The van der Waals surface area contributed by atoms with Crippen LogP contribution in [0.4, 0.5) is 0 Å². The molecule has 0 fully saturated rings. The molecule has 0 unspecified atom stereocenters. The molecule has 1 aliphatic heterocycles. The maximum Gasteiger partial charge on any atom is 0.169 e. The fourth-order valence-corrected chi connectivity index (χ4v) is 1.91. The smallest absolute Gasteiger partial charge is 0.169 e. The lowest BCUT2D eigenvalue weighted by atomic mass is 10.3. The van der Waals surface area contributed by atoms with Gasteiger partial charge in [0.25, 0.3) is 0 Å². The van der Waals surface area contributed by atoms with Crippen LogP contribution >= 0.6 is 0 Å². The molecule has 0 saturated carbocycles. The van der Waals surface area contributed by atoms with E-state index in [9.17, 15) is 0 Å². The van der Waals surface area contributed by atoms with E-state index in [2.05, 4.69) is 0 Å². The summed E-state index contributed by atoms with van der Waals surface area (Å²) in [5.41, 5.74) is 0. The third-order valence-corrected chi connectivity index (χ3v) is 3.01. The van der Waals surface area contributed by atoms with Crippen LogP contribution < -0.4 is 18.9 Å². The number of ether oxygens (including phenoxy) is 6. The van der Waals surface area contributed by atoms with Crippen LogP contribution in [0.15, 0.2) is 98.6 Å². The highest BCUT2D eigenvalue weighted by Crippen LogP contribution is 2.28. The largest absolute Gasteiger partial charge is 0.466 e. The Morgan fingerprint density at radius 1 is 0.346 bits per heavy atom. The van der Waals surface area contributed by atoms with Gasteiger partial charge in [-0.2, -0.15) is 0 Å². The number of fused-ring (bicyclic) bond motifs is 2. The van der Waals surface area contributed by atoms with Gasteiger partial charge in [0.2, 0.25) is 0 Å². The first kappa shape index (κ1) is 17.0. The zero-order valence-corrected chi connectivity index (χ0v) is 13.7. The van der Waals surface area contributed by atoms with Crippen molar-refractivity contribution in [1.29, 1.82) is 0 Å². The molecule has 0 atom stereocenters. The molecule has 0 spiro atoms. The first-order chi connectivity index (χ1) is 12.9. The lowest BCUT2D eigenvalue weighted by Gasteiger charge is -2.07. The summed E-state index contributed by atoms with van der Waals surface area (Å²) in [6, 6.07) is 14.4. The number of hydrogen-bond acceptors (Lipinski definition) is 6. The van der Waals surface area contributed by atoms with Gasteiger partial charge in [-0.05, 0) is 24.3 Å². The number of para-hydroxylation sites is 4. The van der Waals surface area contributed by atoms with E-state index in [-0.39, 0.29) is 0 Å². The SMILES string of the molecule is C1=C\Oc2ccccc2O/C=C\O/C=C\Oc2ccccc2O/C=C\O/1. The molecule has 132 valence electrons. The van der Waals surface area contributed by atoms with E-state index >= 15 is 0 Å². The second-order valence-electron chi connectivity index (χ2n) is 4.73. The summed E-state index contributed by atoms with van der Waals surface area (Å²) in [7, 11) is 0. The normalized spacial score (nSPS) is 18.8. The van der Waals surface area contributed by atoms with Crippen molar-refractivity contribution in [3.63, 3.8) is 0 Å². The molecule has 2 aromatic rings. The lowest BCUT2D eigenvalue weighted by molar-refractivity contribution is 0.331. The fraction of sp³-hybridized carbons (Fsp3) is 0. The Labute approximate surface area is 150 Å². The maximum atomic E-state index is 5.48. The summed E-state index contributed by atoms with van der Waals surface area (Å²) in [5.74, 6) is 2.08. The average Bonchev–Trinajstić information content (AvgIpc) is 2.68. The summed E-state index contributed by atoms with van der Waals surface area (Å²) in [5, 5.41) is 0. The van der Waals surface area contributed by atoms with E-state index in [1.54, 1.807) is 24.3 Å². The molecule has 6 nitrogen and oxygen atoms in total. The van der Waals surface area contributed by atoms with Crippen LogP contribution in [0.3, 0.4) is 0 Å². The van der Waals surface area contributed by atoms with Crippen LogP contribution in [-0.4, -0.2) is 0 Å². The van der Waals surface area contributed by atoms with Crippen molar-refractivity contribution in [2.75, 3.05) is 0 Å². The minimum Gasteiger partial charge on any atom is -0.466 e. The molecule has 0 aromatic heterocycles. The Balaban J connectivity index is 1.74. The van der Waals surface area contributed by atoms with Crippen molar-refractivity contribution in [3.05, 3.63) is 98.6 Å². The molecule has 0 radical (unpaired) electrons. The third kappa shape index (κ3) is 5.10. The quantitative estimate of drug-likeness (QED) is 0.677. The van der Waals surface area contributed by atoms with E-state index in [1.165, 1.54) is 50.1 Å². The van der Waals surface area contributed by atoms with Gasteiger partial charge in [0.15, 0.2) is 23.0 Å². The number of rotatable bonds is 0. The standard InChI is InChI=1S/C20H16O6/c1-2-6-18-17(5-1)23-13-9-21-11-15-25-19-7-3-4-8-20(19)26-16-12-22-10-14-24-18/h1-16H/b13-9-,14-10-,15-11-,16-12-. The molecule has 2 aromatic carbocycles. The average molecular weight is 352 g/mol. The molecule has 26 heavy (non-hydrogen) atoms. The van der Waals surface area contributed by atoms with Gasteiger partial charge in [0.1, 0.15) is 50.1 Å². The van der Waals surface area contributed by atoms with Gasteiger partial charge in [-0.25, -0.2) is 0 Å². The second kappa shape index (κ2) is 9.48. The molecule has 0 aliphatic carbocycles. The van der Waals surface area contributed by atoms with Crippen molar-refractivity contribution in [2.45, 2.75) is 0 Å². The molecule has 0 saturated heterocycles. The summed E-state index contributed by atoms with van der Waals surface area (Å²) >= 11 is 0. The monoisotopic (exact) mass is 352 g/mol. The van der Waals surface area contributed by atoms with Gasteiger partial charge in [0, 0.05) is 0 Å². The Hall–Kier alpha value is -3.80. The molecule has 0 amide bonds. The summed E-state index contributed by atoms with van der Waals surface area (Å²) in [4.78, 5) is 0. The van der Waals surface area contributed by atoms with Gasteiger partial charge >= 0.3 is 0 Å². The van der Waals surface area contributed by atoms with Crippen molar-refractivity contribution < 1.29 is 28.4 Å². The van der Waals surface area contributed by atoms with E-state index in [4.69, 9.17) is 28.4 Å². The summed E-state index contributed by atoms with van der Waals surface area (Å²) < 4.78 is 32.2. The summed E-state index contributed by atoms with van der Waals surface area (Å²) in [6.45, 7) is 0. The Kier molecular flexibility index (Phi) is 6.22. The van der Waals surface area contributed by atoms with Crippen molar-refractivity contribution in [3.8, 4) is 23.0 Å². The van der Waals surface area contributed by atoms with Gasteiger partial charge in [0.05, 0.1) is 0 Å². The highest BCUT2D eigenvalue weighted by Gasteiger charge is 2.02. The highest BCUT2D eigenvalue weighted by molar-refractivity contribution is 5.41. The van der Waals surface area contributed by atoms with Crippen LogP contribution in [0.5, 0.6) is 23.0 Å². The fourth-order valence-electron chi connectivity index (χ4n) is 1.91. The molecule has 1 heterocycles. The zero-order chi connectivity index (χ0) is 17.9. The second-order valence-corrected chi connectivity index (χ2v) is 4.73. The van der Waals surface area contributed by atoms with Crippen LogP contribution in [0, 0.1) is 0 Å². The van der Waals surface area contributed by atoms with E-state index in [0.29, 0.717) is 23.0 Å². The minimum absolute atomic E-state index is 0.520. The third-order valence-electron chi connectivity index (χ3n) is 3.01. The summed E-state index contributed by atoms with van der Waals surface area (Å²) in [6.07, 6.45) is 11.0. The molecular weight excluding hydrogens is 336 g/mol. The Morgan fingerprint density at radius 3 is 0.885 bits per heavy atom. The van der Waals surface area contributed by atoms with Crippen LogP contribution in [0.2, 0.25) is 0 Å². The Bertz CT molecular complexity index is 687. The molecule has 6 heteroatoms. The lowest BCUT2D eigenvalue weighted by Crippen LogP contribution is -1.90. The van der Waals surface area contributed by atoms with Gasteiger partial charge < -0.3 is 28.4 Å². The zero-order valence-electron chi connectivity index (χ0n) is 13.7. The molecule has 0 bridgehead atoms.